The molecule has 6 nitrogen and oxygen atoms in total. The minimum absolute atomic E-state index is 0.00173. The normalized spacial score (nSPS) is 10.2. The summed E-state index contributed by atoms with van der Waals surface area (Å²) in [4.78, 5) is 16.2. The predicted molar refractivity (Wildman–Crippen MR) is 100 cm³/mol. The summed E-state index contributed by atoms with van der Waals surface area (Å²) in [6.45, 7) is -2.90. The van der Waals surface area contributed by atoms with Crippen LogP contribution in [0.4, 0.5) is 25.0 Å². The maximum absolute atomic E-state index is 12.2. The van der Waals surface area contributed by atoms with Gasteiger partial charge in [-0.15, -0.1) is 0 Å². The fourth-order valence-electron chi connectivity index (χ4n) is 2.45. The van der Waals surface area contributed by atoms with Gasteiger partial charge in [0.2, 0.25) is 0 Å². The number of amides is 2. The maximum atomic E-state index is 12.2. The van der Waals surface area contributed by atoms with E-state index in [2.05, 4.69) is 20.4 Å². The van der Waals surface area contributed by atoms with Gasteiger partial charge in [0.25, 0.3) is 0 Å². The topological polar surface area (TPSA) is 87.0 Å². The van der Waals surface area contributed by atoms with Crippen molar-refractivity contribution in [3.05, 3.63) is 72.6 Å². The number of hydrogen-bond donors (Lipinski definition) is 2. The maximum Gasteiger partial charge on any atom is 0.387 e. The Morgan fingerprint density at radius 1 is 1.00 bits per heavy atom. The van der Waals surface area contributed by atoms with Crippen molar-refractivity contribution >= 4 is 17.4 Å². The molecule has 0 aliphatic carbocycles. The molecule has 3 rings (SSSR count). The zero-order valence-corrected chi connectivity index (χ0v) is 14.4. The quantitative estimate of drug-likeness (QED) is 0.661. The summed E-state index contributed by atoms with van der Waals surface area (Å²) >= 11 is 0. The molecule has 0 aliphatic heterocycles. The van der Waals surface area contributed by atoms with Gasteiger partial charge in [0.1, 0.15) is 11.8 Å². The van der Waals surface area contributed by atoms with Gasteiger partial charge in [-0.1, -0.05) is 12.1 Å². The van der Waals surface area contributed by atoms with E-state index in [0.29, 0.717) is 16.9 Å². The molecular formula is C20H14F2N4O2. The van der Waals surface area contributed by atoms with Crippen LogP contribution in [0.25, 0.3) is 11.1 Å². The Morgan fingerprint density at radius 3 is 2.46 bits per heavy atom. The van der Waals surface area contributed by atoms with Crippen LogP contribution in [-0.4, -0.2) is 17.6 Å². The van der Waals surface area contributed by atoms with Gasteiger partial charge >= 0.3 is 12.6 Å². The SMILES string of the molecule is N#Cc1cncc(-c2cccc(NC(=O)Nc3ccc(OC(F)F)cc3)c2)c1. The highest BCUT2D eigenvalue weighted by Gasteiger charge is 2.07. The highest BCUT2D eigenvalue weighted by Crippen LogP contribution is 2.23. The molecule has 1 heterocycles. The molecule has 1 aromatic heterocycles. The van der Waals surface area contributed by atoms with Gasteiger partial charge in [0.15, 0.2) is 0 Å². The third kappa shape index (κ3) is 5.02. The number of anilines is 2. The summed E-state index contributed by atoms with van der Waals surface area (Å²) in [5.41, 5.74) is 2.93. The van der Waals surface area contributed by atoms with Crippen LogP contribution in [0.1, 0.15) is 5.56 Å². The number of nitrogens with zero attached hydrogens (tertiary/aromatic N) is 2. The molecule has 0 aliphatic rings. The lowest BCUT2D eigenvalue weighted by atomic mass is 10.1. The molecule has 2 N–H and O–H groups in total. The molecule has 0 unspecified atom stereocenters. The molecule has 0 saturated heterocycles. The van der Waals surface area contributed by atoms with Crippen LogP contribution >= 0.6 is 0 Å². The second kappa shape index (κ2) is 8.60. The summed E-state index contributed by atoms with van der Waals surface area (Å²) in [7, 11) is 0. The van der Waals surface area contributed by atoms with E-state index in [1.54, 1.807) is 30.5 Å². The van der Waals surface area contributed by atoms with E-state index in [9.17, 15) is 13.6 Å². The van der Waals surface area contributed by atoms with Crippen molar-refractivity contribution in [2.24, 2.45) is 0 Å². The Labute approximate surface area is 159 Å². The monoisotopic (exact) mass is 380 g/mol. The van der Waals surface area contributed by atoms with Crippen LogP contribution in [0.5, 0.6) is 5.75 Å². The number of alkyl halides is 2. The largest absolute Gasteiger partial charge is 0.435 e. The Bertz CT molecular complexity index is 1020. The number of ether oxygens (including phenoxy) is 1. The van der Waals surface area contributed by atoms with Crippen molar-refractivity contribution in [2.75, 3.05) is 10.6 Å². The molecule has 0 fully saturated rings. The first-order valence-corrected chi connectivity index (χ1v) is 8.12. The number of rotatable bonds is 5. The van der Waals surface area contributed by atoms with Gasteiger partial charge in [-0.2, -0.15) is 14.0 Å². The molecule has 0 saturated carbocycles. The number of nitriles is 1. The summed E-state index contributed by atoms with van der Waals surface area (Å²) in [6, 6.07) is 15.9. The number of halogens is 2. The molecule has 0 bridgehead atoms. The molecule has 8 heteroatoms. The number of urea groups is 1. The van der Waals surface area contributed by atoms with Crippen molar-refractivity contribution in [1.82, 2.24) is 4.98 Å². The average molecular weight is 380 g/mol. The first-order chi connectivity index (χ1) is 13.5. The molecule has 140 valence electrons. The average Bonchev–Trinajstić information content (AvgIpc) is 2.69. The van der Waals surface area contributed by atoms with E-state index in [4.69, 9.17) is 5.26 Å². The van der Waals surface area contributed by atoms with Gasteiger partial charge in [0, 0.05) is 29.3 Å². The van der Waals surface area contributed by atoms with Gasteiger partial charge in [-0.25, -0.2) is 4.79 Å². The van der Waals surface area contributed by atoms with Crippen LogP contribution in [0.15, 0.2) is 67.0 Å². The minimum atomic E-state index is -2.90. The van der Waals surface area contributed by atoms with Crippen molar-refractivity contribution in [3.8, 4) is 22.9 Å². The van der Waals surface area contributed by atoms with Gasteiger partial charge in [-0.3, -0.25) is 4.98 Å². The molecular weight excluding hydrogens is 366 g/mol. The summed E-state index contributed by atoms with van der Waals surface area (Å²) in [5, 5.41) is 14.3. The Balaban J connectivity index is 1.66. The highest BCUT2D eigenvalue weighted by molar-refractivity contribution is 6.00. The van der Waals surface area contributed by atoms with Gasteiger partial charge in [-0.05, 0) is 48.0 Å². The van der Waals surface area contributed by atoms with Gasteiger partial charge in [0.05, 0.1) is 5.56 Å². The lowest BCUT2D eigenvalue weighted by molar-refractivity contribution is -0.0498. The number of aromatic nitrogens is 1. The van der Waals surface area contributed by atoms with Crippen LogP contribution in [0.2, 0.25) is 0 Å². The number of carbonyl (C=O) groups is 1. The number of nitrogens with one attached hydrogen (secondary N) is 2. The zero-order chi connectivity index (χ0) is 19.9. The molecule has 0 radical (unpaired) electrons. The minimum Gasteiger partial charge on any atom is -0.435 e. The van der Waals surface area contributed by atoms with Crippen LogP contribution in [0, 0.1) is 11.3 Å². The van der Waals surface area contributed by atoms with Crippen molar-refractivity contribution in [3.63, 3.8) is 0 Å². The van der Waals surface area contributed by atoms with E-state index in [1.807, 2.05) is 12.1 Å². The third-order valence-electron chi connectivity index (χ3n) is 3.66. The van der Waals surface area contributed by atoms with E-state index >= 15 is 0 Å². The number of hydrogen-bond acceptors (Lipinski definition) is 4. The fraction of sp³-hybridized carbons (Fsp3) is 0.0500. The number of carbonyl (C=O) groups excluding carboxylic acids is 1. The molecule has 2 amide bonds. The first kappa shape index (κ1) is 18.8. The van der Waals surface area contributed by atoms with Crippen molar-refractivity contribution < 1.29 is 18.3 Å². The predicted octanol–water partition coefficient (Wildman–Crippen LogP) is 4.87. The second-order valence-corrected chi connectivity index (χ2v) is 5.64. The first-order valence-electron chi connectivity index (χ1n) is 8.12. The van der Waals surface area contributed by atoms with Crippen LogP contribution in [-0.2, 0) is 0 Å². The molecule has 3 aromatic rings. The third-order valence-corrected chi connectivity index (χ3v) is 3.66. The highest BCUT2D eigenvalue weighted by atomic mass is 19.3. The lowest BCUT2D eigenvalue weighted by Gasteiger charge is -2.10. The van der Waals surface area contributed by atoms with Crippen LogP contribution in [0.3, 0.4) is 0 Å². The van der Waals surface area contributed by atoms with E-state index in [-0.39, 0.29) is 5.75 Å². The Kier molecular flexibility index (Phi) is 5.77. The fourth-order valence-corrected chi connectivity index (χ4v) is 2.45. The summed E-state index contributed by atoms with van der Waals surface area (Å²) in [5.74, 6) is 0.00173. The molecule has 0 spiro atoms. The van der Waals surface area contributed by atoms with E-state index in [1.165, 1.54) is 30.5 Å². The number of benzene rings is 2. The molecule has 2 aromatic carbocycles. The van der Waals surface area contributed by atoms with E-state index in [0.717, 1.165) is 11.1 Å². The zero-order valence-electron chi connectivity index (χ0n) is 14.4. The summed E-state index contributed by atoms with van der Waals surface area (Å²) in [6.07, 6.45) is 3.10. The summed E-state index contributed by atoms with van der Waals surface area (Å²) < 4.78 is 28.6. The molecule has 0 atom stereocenters. The Morgan fingerprint density at radius 2 is 1.75 bits per heavy atom. The van der Waals surface area contributed by atoms with Crippen molar-refractivity contribution in [2.45, 2.75) is 6.61 Å². The standard InChI is InChI=1S/C20H14F2N4O2/c21-19(22)28-18-6-4-16(5-7-18)25-20(27)26-17-3-1-2-14(9-17)15-8-13(10-23)11-24-12-15/h1-9,11-12,19H,(H2,25,26,27). The van der Waals surface area contributed by atoms with Gasteiger partial charge < -0.3 is 15.4 Å². The van der Waals surface area contributed by atoms with Crippen LogP contribution < -0.4 is 15.4 Å². The Hall–Kier alpha value is -3.99. The lowest BCUT2D eigenvalue weighted by Crippen LogP contribution is -2.19. The van der Waals surface area contributed by atoms with E-state index < -0.39 is 12.6 Å². The second-order valence-electron chi connectivity index (χ2n) is 5.64. The molecule has 28 heavy (non-hydrogen) atoms. The smallest absolute Gasteiger partial charge is 0.387 e. The van der Waals surface area contributed by atoms with Crippen molar-refractivity contribution in [1.29, 1.82) is 5.26 Å². The number of pyridine rings is 1.